The van der Waals surface area contributed by atoms with E-state index in [1.807, 2.05) is 12.1 Å². The number of nitrogen functional groups attached to an aromatic ring is 1. The van der Waals surface area contributed by atoms with E-state index in [1.54, 1.807) is 6.20 Å². The quantitative estimate of drug-likeness (QED) is 0.716. The highest BCUT2D eigenvalue weighted by molar-refractivity contribution is 7.91. The molecule has 19 heavy (non-hydrogen) atoms. The number of hydrogen-bond acceptors (Lipinski definition) is 5. The Morgan fingerprint density at radius 2 is 2.26 bits per heavy atom. The Hall–Kier alpha value is -1.76. The van der Waals surface area contributed by atoms with Crippen molar-refractivity contribution in [2.45, 2.75) is 18.9 Å². The highest BCUT2D eigenvalue weighted by Crippen LogP contribution is 2.27. The lowest BCUT2D eigenvalue weighted by Crippen LogP contribution is -2.35. The van der Waals surface area contributed by atoms with Gasteiger partial charge in [-0.05, 0) is 25.0 Å². The minimum atomic E-state index is -2.92. The van der Waals surface area contributed by atoms with Gasteiger partial charge in [0.05, 0.1) is 34.6 Å². The van der Waals surface area contributed by atoms with Crippen molar-refractivity contribution < 1.29 is 8.42 Å². The van der Waals surface area contributed by atoms with E-state index in [4.69, 9.17) is 5.73 Å². The van der Waals surface area contributed by atoms with Crippen molar-refractivity contribution in [2.24, 2.45) is 0 Å². The second-order valence-corrected chi connectivity index (χ2v) is 7.22. The first kappa shape index (κ1) is 12.3. The Kier molecular flexibility index (Phi) is 2.85. The summed E-state index contributed by atoms with van der Waals surface area (Å²) in [6, 6.07) is 3.64. The lowest BCUT2D eigenvalue weighted by atomic mass is 10.1. The number of rotatable bonds is 2. The van der Waals surface area contributed by atoms with Crippen LogP contribution in [0.25, 0.3) is 10.9 Å². The van der Waals surface area contributed by atoms with Crippen molar-refractivity contribution >= 4 is 32.1 Å². The molecule has 7 heteroatoms. The maximum Gasteiger partial charge on any atom is 0.152 e. The second kappa shape index (κ2) is 4.41. The third kappa shape index (κ3) is 2.51. The summed E-state index contributed by atoms with van der Waals surface area (Å²) in [5.41, 5.74) is 8.23. The number of aromatic amines is 1. The van der Waals surface area contributed by atoms with Gasteiger partial charge in [0.1, 0.15) is 0 Å². The Bertz CT molecular complexity index is 708. The Balaban J connectivity index is 1.86. The number of aromatic nitrogens is 2. The van der Waals surface area contributed by atoms with E-state index in [0.29, 0.717) is 17.9 Å². The fourth-order valence-corrected chi connectivity index (χ4v) is 4.13. The van der Waals surface area contributed by atoms with Gasteiger partial charge in [-0.2, -0.15) is 5.10 Å². The van der Waals surface area contributed by atoms with Crippen molar-refractivity contribution in [3.05, 3.63) is 18.3 Å². The molecule has 0 aliphatic carbocycles. The molecule has 1 fully saturated rings. The largest absolute Gasteiger partial charge is 0.397 e. The predicted octanol–water partition coefficient (Wildman–Crippen LogP) is 1.13. The van der Waals surface area contributed by atoms with Crippen LogP contribution in [0.3, 0.4) is 0 Å². The molecule has 1 aromatic carbocycles. The molecule has 2 aromatic rings. The van der Waals surface area contributed by atoms with Crippen molar-refractivity contribution in [1.29, 1.82) is 0 Å². The standard InChI is InChI=1S/C12H16N4O2S/c13-10-4-8-6-14-16-11(8)5-12(10)15-9-2-1-3-19(17,18)7-9/h4-6,9,15H,1-3,7,13H2,(H,14,16). The first-order valence-corrected chi connectivity index (χ1v) is 8.05. The molecule has 1 atom stereocenters. The Labute approximate surface area is 111 Å². The van der Waals surface area contributed by atoms with Crippen molar-refractivity contribution in [2.75, 3.05) is 22.6 Å². The molecular weight excluding hydrogens is 264 g/mol. The van der Waals surface area contributed by atoms with Crippen LogP contribution in [-0.2, 0) is 9.84 Å². The number of anilines is 2. The number of fused-ring (bicyclic) bond motifs is 1. The minimum absolute atomic E-state index is 0.0681. The van der Waals surface area contributed by atoms with E-state index in [9.17, 15) is 8.42 Å². The lowest BCUT2D eigenvalue weighted by Gasteiger charge is -2.24. The van der Waals surface area contributed by atoms with E-state index >= 15 is 0 Å². The number of sulfone groups is 1. The van der Waals surface area contributed by atoms with Gasteiger partial charge in [0.2, 0.25) is 0 Å². The summed E-state index contributed by atoms with van der Waals surface area (Å²) in [4.78, 5) is 0. The first-order valence-electron chi connectivity index (χ1n) is 6.23. The van der Waals surface area contributed by atoms with Gasteiger partial charge >= 0.3 is 0 Å². The SMILES string of the molecule is Nc1cc2cn[nH]c2cc1NC1CCCS(=O)(=O)C1. The zero-order valence-electron chi connectivity index (χ0n) is 10.4. The van der Waals surface area contributed by atoms with Gasteiger partial charge in [-0.25, -0.2) is 8.42 Å². The molecule has 1 aliphatic heterocycles. The third-order valence-electron chi connectivity index (χ3n) is 3.43. The van der Waals surface area contributed by atoms with E-state index < -0.39 is 9.84 Å². The predicted molar refractivity (Wildman–Crippen MR) is 75.8 cm³/mol. The molecule has 0 bridgehead atoms. The zero-order chi connectivity index (χ0) is 13.5. The highest BCUT2D eigenvalue weighted by Gasteiger charge is 2.25. The average molecular weight is 280 g/mol. The van der Waals surface area contributed by atoms with Gasteiger partial charge < -0.3 is 11.1 Å². The van der Waals surface area contributed by atoms with E-state index in [-0.39, 0.29) is 11.8 Å². The van der Waals surface area contributed by atoms with Crippen LogP contribution in [0.1, 0.15) is 12.8 Å². The molecule has 4 N–H and O–H groups in total. The maximum absolute atomic E-state index is 11.6. The van der Waals surface area contributed by atoms with Crippen molar-refractivity contribution in [1.82, 2.24) is 10.2 Å². The monoisotopic (exact) mass is 280 g/mol. The molecule has 0 saturated carbocycles. The molecule has 102 valence electrons. The maximum atomic E-state index is 11.6. The molecular formula is C12H16N4O2S. The van der Waals surface area contributed by atoms with Crippen LogP contribution in [0, 0.1) is 0 Å². The number of nitrogens with zero attached hydrogens (tertiary/aromatic N) is 1. The fourth-order valence-electron chi connectivity index (χ4n) is 2.49. The van der Waals surface area contributed by atoms with Crippen LogP contribution in [0.4, 0.5) is 11.4 Å². The second-order valence-electron chi connectivity index (χ2n) is 4.99. The lowest BCUT2D eigenvalue weighted by molar-refractivity contribution is 0.562. The van der Waals surface area contributed by atoms with Crippen LogP contribution in [0.5, 0.6) is 0 Å². The summed E-state index contributed by atoms with van der Waals surface area (Å²) in [6.45, 7) is 0. The van der Waals surface area contributed by atoms with Crippen molar-refractivity contribution in [3.63, 3.8) is 0 Å². The van der Waals surface area contributed by atoms with Crippen LogP contribution >= 0.6 is 0 Å². The topological polar surface area (TPSA) is 101 Å². The van der Waals surface area contributed by atoms with Crippen LogP contribution in [0.15, 0.2) is 18.3 Å². The smallest absolute Gasteiger partial charge is 0.152 e. The fraction of sp³-hybridized carbons (Fsp3) is 0.417. The number of hydrogen-bond donors (Lipinski definition) is 3. The van der Waals surface area contributed by atoms with Gasteiger partial charge in [0, 0.05) is 11.4 Å². The normalized spacial score (nSPS) is 22.4. The van der Waals surface area contributed by atoms with Crippen LogP contribution in [-0.4, -0.2) is 36.2 Å². The summed E-state index contributed by atoms with van der Waals surface area (Å²) in [6.07, 6.45) is 3.26. The zero-order valence-corrected chi connectivity index (χ0v) is 11.2. The molecule has 6 nitrogen and oxygen atoms in total. The van der Waals surface area contributed by atoms with Crippen LogP contribution < -0.4 is 11.1 Å². The molecule has 1 unspecified atom stereocenters. The molecule has 0 radical (unpaired) electrons. The molecule has 0 spiro atoms. The molecule has 1 aromatic heterocycles. The molecule has 0 amide bonds. The summed E-state index contributed by atoms with van der Waals surface area (Å²) in [7, 11) is -2.92. The minimum Gasteiger partial charge on any atom is -0.397 e. The number of benzene rings is 1. The molecule has 3 rings (SSSR count). The van der Waals surface area contributed by atoms with Gasteiger partial charge in [0.25, 0.3) is 0 Å². The third-order valence-corrected chi connectivity index (χ3v) is 5.25. The first-order chi connectivity index (χ1) is 9.03. The number of nitrogens with two attached hydrogens (primary N) is 1. The van der Waals surface area contributed by atoms with Gasteiger partial charge in [-0.15, -0.1) is 0 Å². The summed E-state index contributed by atoms with van der Waals surface area (Å²) < 4.78 is 23.2. The van der Waals surface area contributed by atoms with Gasteiger partial charge in [-0.3, -0.25) is 5.10 Å². The van der Waals surface area contributed by atoms with Crippen LogP contribution in [0.2, 0.25) is 0 Å². The number of nitrogens with one attached hydrogen (secondary N) is 2. The Morgan fingerprint density at radius 3 is 3.05 bits per heavy atom. The van der Waals surface area contributed by atoms with Gasteiger partial charge in [-0.1, -0.05) is 0 Å². The van der Waals surface area contributed by atoms with E-state index in [0.717, 1.165) is 23.0 Å². The van der Waals surface area contributed by atoms with E-state index in [2.05, 4.69) is 15.5 Å². The molecule has 2 heterocycles. The van der Waals surface area contributed by atoms with E-state index in [1.165, 1.54) is 0 Å². The molecule has 1 aliphatic rings. The summed E-state index contributed by atoms with van der Waals surface area (Å²) in [5, 5.41) is 11.0. The highest BCUT2D eigenvalue weighted by atomic mass is 32.2. The van der Waals surface area contributed by atoms with Crippen molar-refractivity contribution in [3.8, 4) is 0 Å². The average Bonchev–Trinajstić information content (AvgIpc) is 2.75. The summed E-state index contributed by atoms with van der Waals surface area (Å²) >= 11 is 0. The summed E-state index contributed by atoms with van der Waals surface area (Å²) in [5.74, 6) is 0.466. The Morgan fingerprint density at radius 1 is 1.42 bits per heavy atom. The number of H-pyrrole nitrogens is 1. The van der Waals surface area contributed by atoms with Gasteiger partial charge in [0.15, 0.2) is 9.84 Å². The molecule has 1 saturated heterocycles.